The maximum Gasteiger partial charge on any atom is 0.282 e. The molecule has 2 heterocycles. The van der Waals surface area contributed by atoms with Gasteiger partial charge in [-0.2, -0.15) is 5.26 Å². The average Bonchev–Trinajstić information content (AvgIpc) is 2.71. The lowest BCUT2D eigenvalue weighted by atomic mass is 10.2. The van der Waals surface area contributed by atoms with E-state index in [1.54, 1.807) is 0 Å². The van der Waals surface area contributed by atoms with E-state index in [-0.39, 0.29) is 11.1 Å². The Balaban J connectivity index is 2.67. The minimum atomic E-state index is -0.370. The molecule has 2 rings (SSSR count). The highest BCUT2D eigenvalue weighted by Gasteiger charge is 2.10. The van der Waals surface area contributed by atoms with Gasteiger partial charge in [-0.05, 0) is 11.4 Å². The standard InChI is InChI=1S/C8H5N3OS/c9-4-5-7(10-11-8(5)12)6-2-1-3-13-6/h1-3H,(H2,10,11,12). The second-order valence-electron chi connectivity index (χ2n) is 2.42. The molecule has 0 radical (unpaired) electrons. The summed E-state index contributed by atoms with van der Waals surface area (Å²) in [4.78, 5) is 11.9. The summed E-state index contributed by atoms with van der Waals surface area (Å²) < 4.78 is 0. The lowest BCUT2D eigenvalue weighted by molar-refractivity contribution is 1.06. The summed E-state index contributed by atoms with van der Waals surface area (Å²) in [7, 11) is 0. The van der Waals surface area contributed by atoms with Gasteiger partial charge in [0.25, 0.3) is 5.56 Å². The smallest absolute Gasteiger partial charge is 0.282 e. The molecule has 0 aliphatic rings. The summed E-state index contributed by atoms with van der Waals surface area (Å²) in [6.07, 6.45) is 0. The fourth-order valence-electron chi connectivity index (χ4n) is 1.07. The van der Waals surface area contributed by atoms with Crippen molar-refractivity contribution in [3.63, 3.8) is 0 Å². The molecule has 0 aliphatic carbocycles. The number of rotatable bonds is 1. The van der Waals surface area contributed by atoms with Crippen molar-refractivity contribution < 1.29 is 0 Å². The van der Waals surface area contributed by atoms with Crippen molar-refractivity contribution in [1.29, 1.82) is 5.26 Å². The number of hydrogen-bond donors (Lipinski definition) is 2. The molecule has 0 aromatic carbocycles. The van der Waals surface area contributed by atoms with Gasteiger partial charge in [0.2, 0.25) is 0 Å². The number of aromatic nitrogens is 2. The molecule has 0 amide bonds. The molecule has 0 unspecified atom stereocenters. The molecular weight excluding hydrogens is 186 g/mol. The highest BCUT2D eigenvalue weighted by atomic mass is 32.1. The van der Waals surface area contributed by atoms with E-state index in [0.717, 1.165) is 4.88 Å². The van der Waals surface area contributed by atoms with E-state index in [0.29, 0.717) is 5.69 Å². The van der Waals surface area contributed by atoms with Crippen LogP contribution in [0.2, 0.25) is 0 Å². The summed E-state index contributed by atoms with van der Waals surface area (Å²) >= 11 is 1.48. The molecule has 4 nitrogen and oxygen atoms in total. The number of H-pyrrole nitrogens is 2. The van der Waals surface area contributed by atoms with E-state index in [1.165, 1.54) is 11.3 Å². The lowest BCUT2D eigenvalue weighted by Crippen LogP contribution is -2.01. The van der Waals surface area contributed by atoms with Crippen LogP contribution in [-0.2, 0) is 0 Å². The summed E-state index contributed by atoms with van der Waals surface area (Å²) in [5.74, 6) is 0. The van der Waals surface area contributed by atoms with E-state index in [4.69, 9.17) is 5.26 Å². The van der Waals surface area contributed by atoms with Crippen molar-refractivity contribution in [2.45, 2.75) is 0 Å². The average molecular weight is 191 g/mol. The number of hydrogen-bond acceptors (Lipinski definition) is 3. The Hall–Kier alpha value is -1.80. The Morgan fingerprint density at radius 1 is 1.46 bits per heavy atom. The van der Waals surface area contributed by atoms with Crippen LogP contribution in [-0.4, -0.2) is 10.2 Å². The Kier molecular flexibility index (Phi) is 1.76. The predicted octanol–water partition coefficient (Wildman–Crippen LogP) is 1.30. The monoisotopic (exact) mass is 191 g/mol. The number of nitrogens with one attached hydrogen (secondary N) is 2. The largest absolute Gasteiger partial charge is 0.295 e. The van der Waals surface area contributed by atoms with Gasteiger partial charge in [0.05, 0.1) is 10.6 Å². The zero-order valence-electron chi connectivity index (χ0n) is 6.50. The Labute approximate surface area is 77.4 Å². The first-order valence-electron chi connectivity index (χ1n) is 3.57. The first kappa shape index (κ1) is 7.83. The SMILES string of the molecule is N#Cc1c(-c2cccs2)[nH][nH]c1=O. The van der Waals surface area contributed by atoms with Gasteiger partial charge in [-0.1, -0.05) is 6.07 Å². The summed E-state index contributed by atoms with van der Waals surface area (Å²) in [5, 5.41) is 15.7. The molecule has 0 atom stereocenters. The first-order chi connectivity index (χ1) is 6.33. The van der Waals surface area contributed by atoms with Crippen molar-refractivity contribution in [3.05, 3.63) is 33.4 Å². The molecule has 0 fully saturated rings. The molecule has 0 spiro atoms. The van der Waals surface area contributed by atoms with Crippen molar-refractivity contribution in [2.24, 2.45) is 0 Å². The van der Waals surface area contributed by atoms with Crippen molar-refractivity contribution >= 4 is 11.3 Å². The lowest BCUT2D eigenvalue weighted by Gasteiger charge is -1.88. The molecule has 0 saturated carbocycles. The van der Waals surface area contributed by atoms with Gasteiger partial charge >= 0.3 is 0 Å². The molecule has 0 aliphatic heterocycles. The molecule has 0 saturated heterocycles. The fourth-order valence-corrected chi connectivity index (χ4v) is 1.80. The topological polar surface area (TPSA) is 72.4 Å². The van der Waals surface area contributed by atoms with Crippen molar-refractivity contribution in [2.75, 3.05) is 0 Å². The summed E-state index contributed by atoms with van der Waals surface area (Å²) in [6, 6.07) is 5.58. The number of nitrogens with zero attached hydrogens (tertiary/aromatic N) is 1. The van der Waals surface area contributed by atoms with Crippen LogP contribution in [0.25, 0.3) is 10.6 Å². The Morgan fingerprint density at radius 2 is 2.31 bits per heavy atom. The number of thiophene rings is 1. The normalized spacial score (nSPS) is 9.77. The van der Waals surface area contributed by atoms with Gasteiger partial charge in [-0.3, -0.25) is 15.0 Å². The van der Waals surface area contributed by atoms with Crippen LogP contribution in [0.1, 0.15) is 5.56 Å². The van der Waals surface area contributed by atoms with Crippen LogP contribution >= 0.6 is 11.3 Å². The van der Waals surface area contributed by atoms with Gasteiger partial charge in [0.1, 0.15) is 11.6 Å². The zero-order chi connectivity index (χ0) is 9.26. The molecule has 64 valence electrons. The number of aromatic amines is 2. The summed E-state index contributed by atoms with van der Waals surface area (Å²) in [6.45, 7) is 0. The third-order valence-electron chi connectivity index (χ3n) is 1.66. The summed E-state index contributed by atoms with van der Waals surface area (Å²) in [5.41, 5.74) is 0.343. The highest BCUT2D eigenvalue weighted by Crippen LogP contribution is 2.23. The van der Waals surface area contributed by atoms with Crippen molar-refractivity contribution in [3.8, 4) is 16.6 Å². The zero-order valence-corrected chi connectivity index (χ0v) is 7.31. The van der Waals surface area contributed by atoms with Crippen LogP contribution in [0.4, 0.5) is 0 Å². The molecular formula is C8H5N3OS. The molecule has 5 heteroatoms. The number of nitriles is 1. The van der Waals surface area contributed by atoms with E-state index >= 15 is 0 Å². The van der Waals surface area contributed by atoms with Gasteiger partial charge in [-0.15, -0.1) is 11.3 Å². The second kappa shape index (κ2) is 2.92. The first-order valence-corrected chi connectivity index (χ1v) is 4.45. The van der Waals surface area contributed by atoms with E-state index < -0.39 is 0 Å². The highest BCUT2D eigenvalue weighted by molar-refractivity contribution is 7.13. The van der Waals surface area contributed by atoms with Gasteiger partial charge in [0.15, 0.2) is 0 Å². The molecule has 2 aromatic rings. The quantitative estimate of drug-likeness (QED) is 0.713. The predicted molar refractivity (Wildman–Crippen MR) is 49.4 cm³/mol. The molecule has 0 bridgehead atoms. The van der Waals surface area contributed by atoms with Crippen molar-refractivity contribution in [1.82, 2.24) is 10.2 Å². The van der Waals surface area contributed by atoms with Crippen LogP contribution < -0.4 is 5.56 Å². The Bertz CT molecular complexity index is 500. The second-order valence-corrected chi connectivity index (χ2v) is 3.37. The maximum absolute atomic E-state index is 11.1. The van der Waals surface area contributed by atoms with Crippen LogP contribution in [0.5, 0.6) is 0 Å². The molecule has 2 aromatic heterocycles. The van der Waals surface area contributed by atoms with E-state index in [9.17, 15) is 4.79 Å². The van der Waals surface area contributed by atoms with Crippen LogP contribution in [0, 0.1) is 11.3 Å². The van der Waals surface area contributed by atoms with Crippen LogP contribution in [0.3, 0.4) is 0 Å². The van der Waals surface area contributed by atoms with Gasteiger partial charge in [0, 0.05) is 0 Å². The fraction of sp³-hybridized carbons (Fsp3) is 0. The van der Waals surface area contributed by atoms with Crippen LogP contribution in [0.15, 0.2) is 22.3 Å². The van der Waals surface area contributed by atoms with Gasteiger partial charge in [-0.25, -0.2) is 0 Å². The minimum Gasteiger partial charge on any atom is -0.295 e. The van der Waals surface area contributed by atoms with Gasteiger partial charge < -0.3 is 0 Å². The third kappa shape index (κ3) is 1.17. The third-order valence-corrected chi connectivity index (χ3v) is 2.54. The Morgan fingerprint density at radius 3 is 2.92 bits per heavy atom. The minimum absolute atomic E-state index is 0.141. The molecule has 13 heavy (non-hydrogen) atoms. The van der Waals surface area contributed by atoms with E-state index in [2.05, 4.69) is 10.2 Å². The maximum atomic E-state index is 11.1. The van der Waals surface area contributed by atoms with E-state index in [1.807, 2.05) is 23.6 Å². The molecule has 2 N–H and O–H groups in total.